The van der Waals surface area contributed by atoms with Crippen molar-refractivity contribution in [2.24, 2.45) is 0 Å². The molecule has 0 spiro atoms. The molecule has 1 aromatic carbocycles. The van der Waals surface area contributed by atoms with E-state index in [4.69, 9.17) is 4.43 Å². The summed E-state index contributed by atoms with van der Waals surface area (Å²) in [5.74, 6) is 1.04. The Balaban J connectivity index is 3.43. The summed E-state index contributed by atoms with van der Waals surface area (Å²) in [5, 5.41) is 0. The van der Waals surface area contributed by atoms with Gasteiger partial charge in [0.25, 0.3) is 0 Å². The molecule has 0 fully saturated rings. The van der Waals surface area contributed by atoms with E-state index in [0.717, 1.165) is 10.2 Å². The van der Waals surface area contributed by atoms with Crippen LogP contribution in [-0.4, -0.2) is 9.04 Å². The van der Waals surface area contributed by atoms with Crippen LogP contribution in [0.1, 0.15) is 37.5 Å². The zero-order valence-electron chi connectivity index (χ0n) is 11.9. The van der Waals surface area contributed by atoms with Gasteiger partial charge in [-0.05, 0) is 71.0 Å². The lowest BCUT2D eigenvalue weighted by atomic mass is 9.81. The van der Waals surface area contributed by atoms with Crippen molar-refractivity contribution in [2.45, 2.75) is 53.1 Å². The molecule has 0 aromatic heterocycles. The van der Waals surface area contributed by atoms with Gasteiger partial charge in [-0.2, -0.15) is 0 Å². The molecule has 1 aromatic rings. The number of hydrogen-bond acceptors (Lipinski definition) is 1. The van der Waals surface area contributed by atoms with Crippen molar-refractivity contribution in [3.8, 4) is 5.75 Å². The summed E-state index contributed by atoms with van der Waals surface area (Å²) in [6.07, 6.45) is 0. The van der Waals surface area contributed by atoms with Gasteiger partial charge in [0.2, 0.25) is 9.04 Å². The number of aryl methyl sites for hydroxylation is 1. The van der Waals surface area contributed by atoms with Gasteiger partial charge >= 0.3 is 0 Å². The summed E-state index contributed by atoms with van der Waals surface area (Å²) in [7, 11) is -1.07. The van der Waals surface area contributed by atoms with Gasteiger partial charge in [0.05, 0.1) is 4.47 Å². The monoisotopic (exact) mass is 314 g/mol. The summed E-state index contributed by atoms with van der Waals surface area (Å²) >= 11 is 3.62. The molecule has 0 unspecified atom stereocenters. The third-order valence-electron chi connectivity index (χ3n) is 2.77. The van der Waals surface area contributed by atoms with E-state index in [1.165, 1.54) is 16.7 Å². The van der Waals surface area contributed by atoms with Crippen LogP contribution in [0.15, 0.2) is 10.5 Å². The van der Waals surface area contributed by atoms with E-state index in [2.05, 4.69) is 69.7 Å². The summed E-state index contributed by atoms with van der Waals surface area (Å²) < 4.78 is 7.14. The van der Waals surface area contributed by atoms with E-state index in [0.29, 0.717) is 0 Å². The van der Waals surface area contributed by atoms with Crippen LogP contribution < -0.4 is 4.43 Å². The van der Waals surface area contributed by atoms with Crippen LogP contribution >= 0.6 is 15.9 Å². The molecule has 0 radical (unpaired) electrons. The third-order valence-corrected chi connectivity index (χ3v) is 4.07. The highest BCUT2D eigenvalue weighted by Gasteiger charge is 2.23. The topological polar surface area (TPSA) is 9.23 Å². The smallest absolute Gasteiger partial charge is 0.229 e. The first-order valence-electron chi connectivity index (χ1n) is 6.11. The molecule has 1 nitrogen and oxygen atoms in total. The Morgan fingerprint density at radius 1 is 1.18 bits per heavy atom. The normalized spacial score (nSPS) is 12.1. The molecule has 17 heavy (non-hydrogen) atoms. The number of benzene rings is 1. The zero-order chi connectivity index (χ0) is 13.4. The Kier molecular flexibility index (Phi) is 4.47. The fourth-order valence-corrected chi connectivity index (χ4v) is 4.13. The fourth-order valence-electron chi connectivity index (χ4n) is 2.45. The lowest BCUT2D eigenvalue weighted by Gasteiger charge is -2.27. The highest BCUT2D eigenvalue weighted by Crippen LogP contribution is 2.39. The lowest BCUT2D eigenvalue weighted by molar-refractivity contribution is 0.547. The van der Waals surface area contributed by atoms with Crippen LogP contribution in [0.5, 0.6) is 5.75 Å². The Morgan fingerprint density at radius 2 is 1.71 bits per heavy atom. The number of rotatable bonds is 2. The molecule has 96 valence electrons. The van der Waals surface area contributed by atoms with Gasteiger partial charge in [0, 0.05) is 0 Å². The standard InChI is InChI=1S/C14H23BrOSi/c1-9-8-11(15)13(16-17(6)7)10(2)12(9)14(3,4)5/h8,17H,1-7H3. The lowest BCUT2D eigenvalue weighted by Crippen LogP contribution is -2.18. The highest BCUT2D eigenvalue weighted by molar-refractivity contribution is 9.10. The van der Waals surface area contributed by atoms with Crippen molar-refractivity contribution >= 4 is 25.0 Å². The fraction of sp³-hybridized carbons (Fsp3) is 0.571. The highest BCUT2D eigenvalue weighted by atomic mass is 79.9. The first-order chi connectivity index (χ1) is 7.64. The Bertz CT molecular complexity index is 419. The summed E-state index contributed by atoms with van der Waals surface area (Å²) in [6, 6.07) is 2.18. The molecule has 0 saturated carbocycles. The first kappa shape index (κ1) is 14.8. The molecule has 1 rings (SSSR count). The molecule has 0 bridgehead atoms. The average Bonchev–Trinajstić information content (AvgIpc) is 2.08. The van der Waals surface area contributed by atoms with Crippen molar-refractivity contribution in [3.05, 3.63) is 27.2 Å². The van der Waals surface area contributed by atoms with Crippen molar-refractivity contribution in [3.63, 3.8) is 0 Å². The van der Waals surface area contributed by atoms with E-state index < -0.39 is 9.04 Å². The molecule has 0 atom stereocenters. The van der Waals surface area contributed by atoms with Gasteiger partial charge in [0.1, 0.15) is 5.75 Å². The maximum absolute atomic E-state index is 6.06. The van der Waals surface area contributed by atoms with Gasteiger partial charge in [-0.3, -0.25) is 0 Å². The van der Waals surface area contributed by atoms with Crippen LogP contribution in [-0.2, 0) is 5.41 Å². The van der Waals surface area contributed by atoms with E-state index in [1.807, 2.05) is 0 Å². The van der Waals surface area contributed by atoms with Gasteiger partial charge in [-0.1, -0.05) is 20.8 Å². The number of halogens is 1. The van der Waals surface area contributed by atoms with Crippen molar-refractivity contribution in [1.29, 1.82) is 0 Å². The molecule has 0 saturated heterocycles. The molecule has 0 amide bonds. The minimum atomic E-state index is -1.07. The number of hydrogen-bond donors (Lipinski definition) is 0. The van der Waals surface area contributed by atoms with Crippen molar-refractivity contribution in [2.75, 3.05) is 0 Å². The van der Waals surface area contributed by atoms with E-state index >= 15 is 0 Å². The Labute approximate surface area is 115 Å². The molecule has 0 heterocycles. The Morgan fingerprint density at radius 3 is 2.12 bits per heavy atom. The van der Waals surface area contributed by atoms with Gasteiger partial charge < -0.3 is 4.43 Å². The molecule has 0 aliphatic carbocycles. The molecular weight excluding hydrogens is 292 g/mol. The van der Waals surface area contributed by atoms with Crippen molar-refractivity contribution in [1.82, 2.24) is 0 Å². The van der Waals surface area contributed by atoms with Crippen molar-refractivity contribution < 1.29 is 4.43 Å². The second-order valence-electron chi connectivity index (χ2n) is 5.92. The van der Waals surface area contributed by atoms with Gasteiger partial charge in [0.15, 0.2) is 0 Å². The van der Waals surface area contributed by atoms with Crippen LogP contribution in [0.2, 0.25) is 13.1 Å². The zero-order valence-corrected chi connectivity index (χ0v) is 14.7. The Hall–Kier alpha value is -0.283. The molecule has 0 aliphatic rings. The second kappa shape index (κ2) is 5.15. The predicted molar refractivity (Wildman–Crippen MR) is 81.8 cm³/mol. The SMILES string of the molecule is Cc1cc(Br)c(O[SiH](C)C)c(C)c1C(C)(C)C. The van der Waals surface area contributed by atoms with Gasteiger partial charge in [-0.25, -0.2) is 0 Å². The summed E-state index contributed by atoms with van der Waals surface area (Å²) in [6.45, 7) is 15.5. The van der Waals surface area contributed by atoms with E-state index in [1.54, 1.807) is 0 Å². The van der Waals surface area contributed by atoms with Crippen LogP contribution in [0.25, 0.3) is 0 Å². The largest absolute Gasteiger partial charge is 0.546 e. The maximum Gasteiger partial charge on any atom is 0.229 e. The van der Waals surface area contributed by atoms with Crippen LogP contribution in [0.4, 0.5) is 0 Å². The quantitative estimate of drug-likeness (QED) is 0.717. The summed E-state index contributed by atoms with van der Waals surface area (Å²) in [5.41, 5.74) is 4.18. The van der Waals surface area contributed by atoms with Crippen LogP contribution in [0, 0.1) is 13.8 Å². The molecular formula is C14H23BrOSi. The second-order valence-corrected chi connectivity index (χ2v) is 9.11. The minimum Gasteiger partial charge on any atom is -0.546 e. The molecule has 3 heteroatoms. The predicted octanol–water partition coefficient (Wildman–Crippen LogP) is 4.73. The van der Waals surface area contributed by atoms with Crippen LogP contribution in [0.3, 0.4) is 0 Å². The van der Waals surface area contributed by atoms with Gasteiger partial charge in [-0.15, -0.1) is 0 Å². The average molecular weight is 315 g/mol. The third kappa shape index (κ3) is 3.35. The maximum atomic E-state index is 6.06. The molecule has 0 aliphatic heterocycles. The first-order valence-corrected chi connectivity index (χ1v) is 9.68. The molecule has 0 N–H and O–H groups in total. The minimum absolute atomic E-state index is 0.158. The van der Waals surface area contributed by atoms with E-state index in [-0.39, 0.29) is 5.41 Å². The van der Waals surface area contributed by atoms with E-state index in [9.17, 15) is 0 Å². The summed E-state index contributed by atoms with van der Waals surface area (Å²) in [4.78, 5) is 0.